The SMILES string of the molecule is CC(C)C1(c2ccccc2)OC=CO1. The first-order chi connectivity index (χ1) is 6.76. The van der Waals surface area contributed by atoms with E-state index in [1.807, 2.05) is 30.3 Å². The van der Waals surface area contributed by atoms with E-state index >= 15 is 0 Å². The van der Waals surface area contributed by atoms with Gasteiger partial charge >= 0.3 is 0 Å². The zero-order chi connectivity index (χ0) is 10.0. The molecule has 2 rings (SSSR count). The Morgan fingerprint density at radius 3 is 2.07 bits per heavy atom. The third kappa shape index (κ3) is 1.27. The van der Waals surface area contributed by atoms with Crippen molar-refractivity contribution in [2.24, 2.45) is 5.92 Å². The Balaban J connectivity index is 2.38. The Bertz CT molecular complexity index is 319. The molecular formula is C12H14O2. The second kappa shape index (κ2) is 3.37. The highest BCUT2D eigenvalue weighted by Crippen LogP contribution is 2.38. The van der Waals surface area contributed by atoms with E-state index < -0.39 is 5.79 Å². The van der Waals surface area contributed by atoms with Crippen LogP contribution in [0.5, 0.6) is 0 Å². The van der Waals surface area contributed by atoms with Gasteiger partial charge < -0.3 is 9.47 Å². The number of hydrogen-bond acceptors (Lipinski definition) is 2. The minimum Gasteiger partial charge on any atom is -0.453 e. The van der Waals surface area contributed by atoms with Crippen LogP contribution in [0.4, 0.5) is 0 Å². The summed E-state index contributed by atoms with van der Waals surface area (Å²) in [5, 5.41) is 0. The molecule has 74 valence electrons. The zero-order valence-corrected chi connectivity index (χ0v) is 8.44. The molecule has 1 heterocycles. The second-order valence-corrected chi connectivity index (χ2v) is 3.70. The smallest absolute Gasteiger partial charge is 0.279 e. The maximum absolute atomic E-state index is 5.59. The quantitative estimate of drug-likeness (QED) is 0.713. The molecule has 14 heavy (non-hydrogen) atoms. The molecule has 0 bridgehead atoms. The molecule has 0 radical (unpaired) electrons. The lowest BCUT2D eigenvalue weighted by Gasteiger charge is -2.31. The maximum atomic E-state index is 5.59. The monoisotopic (exact) mass is 190 g/mol. The summed E-state index contributed by atoms with van der Waals surface area (Å²) in [7, 11) is 0. The first-order valence-electron chi connectivity index (χ1n) is 4.82. The van der Waals surface area contributed by atoms with Gasteiger partial charge in [0.05, 0.1) is 0 Å². The van der Waals surface area contributed by atoms with Gasteiger partial charge in [0.1, 0.15) is 12.5 Å². The summed E-state index contributed by atoms with van der Waals surface area (Å²) in [6, 6.07) is 10.0. The van der Waals surface area contributed by atoms with Crippen molar-refractivity contribution in [3.05, 3.63) is 48.4 Å². The van der Waals surface area contributed by atoms with Crippen LogP contribution in [0.25, 0.3) is 0 Å². The average Bonchev–Trinajstić information content (AvgIpc) is 2.69. The molecule has 0 saturated carbocycles. The lowest BCUT2D eigenvalue weighted by atomic mass is 9.94. The van der Waals surface area contributed by atoms with Gasteiger partial charge in [-0.1, -0.05) is 44.2 Å². The van der Waals surface area contributed by atoms with Crippen molar-refractivity contribution < 1.29 is 9.47 Å². The molecule has 2 nitrogen and oxygen atoms in total. The molecule has 0 fully saturated rings. The van der Waals surface area contributed by atoms with Crippen molar-refractivity contribution in [3.63, 3.8) is 0 Å². The van der Waals surface area contributed by atoms with Gasteiger partial charge in [-0.05, 0) is 0 Å². The summed E-state index contributed by atoms with van der Waals surface area (Å²) in [5.74, 6) is -0.360. The van der Waals surface area contributed by atoms with E-state index in [0.717, 1.165) is 5.56 Å². The molecule has 0 saturated heterocycles. The maximum Gasteiger partial charge on any atom is 0.279 e. The summed E-state index contributed by atoms with van der Waals surface area (Å²) >= 11 is 0. The number of benzene rings is 1. The largest absolute Gasteiger partial charge is 0.453 e. The Labute approximate surface area is 84.2 Å². The lowest BCUT2D eigenvalue weighted by Crippen LogP contribution is -2.33. The van der Waals surface area contributed by atoms with Crippen LogP contribution >= 0.6 is 0 Å². The van der Waals surface area contributed by atoms with E-state index in [1.54, 1.807) is 12.5 Å². The Morgan fingerprint density at radius 2 is 1.57 bits per heavy atom. The summed E-state index contributed by atoms with van der Waals surface area (Å²) in [5.41, 5.74) is 1.06. The first kappa shape index (κ1) is 9.13. The molecule has 0 amide bonds. The third-order valence-electron chi connectivity index (χ3n) is 2.48. The van der Waals surface area contributed by atoms with Crippen molar-refractivity contribution in [1.29, 1.82) is 0 Å². The molecule has 1 aliphatic heterocycles. The van der Waals surface area contributed by atoms with Gasteiger partial charge in [-0.3, -0.25) is 0 Å². The van der Waals surface area contributed by atoms with E-state index in [4.69, 9.17) is 9.47 Å². The summed E-state index contributed by atoms with van der Waals surface area (Å²) in [6.07, 6.45) is 3.21. The fraction of sp³-hybridized carbons (Fsp3) is 0.333. The van der Waals surface area contributed by atoms with Gasteiger partial charge in [0, 0.05) is 11.5 Å². The predicted molar refractivity (Wildman–Crippen MR) is 54.3 cm³/mol. The molecule has 1 aromatic rings. The van der Waals surface area contributed by atoms with Crippen LogP contribution in [-0.2, 0) is 15.3 Å². The molecule has 0 atom stereocenters. The molecule has 2 heteroatoms. The summed E-state index contributed by atoms with van der Waals surface area (Å²) in [4.78, 5) is 0. The topological polar surface area (TPSA) is 18.5 Å². The van der Waals surface area contributed by atoms with Crippen molar-refractivity contribution in [2.75, 3.05) is 0 Å². The molecule has 0 aliphatic carbocycles. The molecule has 0 unspecified atom stereocenters. The summed E-state index contributed by atoms with van der Waals surface area (Å²) < 4.78 is 11.2. The van der Waals surface area contributed by atoms with Gasteiger partial charge in [-0.2, -0.15) is 0 Å². The molecule has 1 aromatic carbocycles. The fourth-order valence-corrected chi connectivity index (χ4v) is 1.70. The predicted octanol–water partition coefficient (Wildman–Crippen LogP) is 3.01. The highest BCUT2D eigenvalue weighted by Gasteiger charge is 2.41. The van der Waals surface area contributed by atoms with Crippen molar-refractivity contribution in [3.8, 4) is 0 Å². The third-order valence-corrected chi connectivity index (χ3v) is 2.48. The number of ether oxygens (including phenoxy) is 2. The highest BCUT2D eigenvalue weighted by molar-refractivity contribution is 5.22. The van der Waals surface area contributed by atoms with Crippen LogP contribution in [0.2, 0.25) is 0 Å². The number of hydrogen-bond donors (Lipinski definition) is 0. The van der Waals surface area contributed by atoms with Gasteiger partial charge in [0.2, 0.25) is 0 Å². The van der Waals surface area contributed by atoms with E-state index in [1.165, 1.54) is 0 Å². The average molecular weight is 190 g/mol. The second-order valence-electron chi connectivity index (χ2n) is 3.70. The molecule has 1 aliphatic rings. The van der Waals surface area contributed by atoms with Crippen LogP contribution < -0.4 is 0 Å². The first-order valence-corrected chi connectivity index (χ1v) is 4.82. The van der Waals surface area contributed by atoms with Crippen molar-refractivity contribution in [2.45, 2.75) is 19.6 Å². The number of rotatable bonds is 2. The zero-order valence-electron chi connectivity index (χ0n) is 8.44. The van der Waals surface area contributed by atoms with E-state index in [2.05, 4.69) is 13.8 Å². The van der Waals surface area contributed by atoms with Crippen LogP contribution in [-0.4, -0.2) is 0 Å². The van der Waals surface area contributed by atoms with Gasteiger partial charge in [-0.15, -0.1) is 0 Å². The van der Waals surface area contributed by atoms with Crippen molar-refractivity contribution in [1.82, 2.24) is 0 Å². The fourth-order valence-electron chi connectivity index (χ4n) is 1.70. The highest BCUT2D eigenvalue weighted by atomic mass is 16.7. The van der Waals surface area contributed by atoms with Gasteiger partial charge in [0.15, 0.2) is 0 Å². The Kier molecular flexibility index (Phi) is 2.20. The lowest BCUT2D eigenvalue weighted by molar-refractivity contribution is -0.182. The normalized spacial score (nSPS) is 17.9. The summed E-state index contributed by atoms with van der Waals surface area (Å²) in [6.45, 7) is 4.17. The Morgan fingerprint density at radius 1 is 1.00 bits per heavy atom. The molecule has 0 aromatic heterocycles. The minimum atomic E-state index is -0.624. The van der Waals surface area contributed by atoms with E-state index in [0.29, 0.717) is 0 Å². The van der Waals surface area contributed by atoms with Crippen molar-refractivity contribution >= 4 is 0 Å². The Hall–Kier alpha value is -1.44. The van der Waals surface area contributed by atoms with E-state index in [9.17, 15) is 0 Å². The van der Waals surface area contributed by atoms with Crippen LogP contribution in [0.15, 0.2) is 42.9 Å². The van der Waals surface area contributed by atoms with E-state index in [-0.39, 0.29) is 5.92 Å². The molecule has 0 spiro atoms. The minimum absolute atomic E-state index is 0.264. The van der Waals surface area contributed by atoms with Crippen LogP contribution in [0, 0.1) is 5.92 Å². The van der Waals surface area contributed by atoms with Gasteiger partial charge in [0.25, 0.3) is 5.79 Å². The van der Waals surface area contributed by atoms with Crippen LogP contribution in [0.3, 0.4) is 0 Å². The van der Waals surface area contributed by atoms with Gasteiger partial charge in [-0.25, -0.2) is 0 Å². The standard InChI is InChI=1S/C12H14O2/c1-10(2)12(13-8-9-14-12)11-6-4-3-5-7-11/h3-10H,1-2H3. The molecular weight excluding hydrogens is 176 g/mol. The van der Waals surface area contributed by atoms with Crippen LogP contribution in [0.1, 0.15) is 19.4 Å². The molecule has 0 N–H and O–H groups in total.